The lowest BCUT2D eigenvalue weighted by Crippen LogP contribution is -2.81. The van der Waals surface area contributed by atoms with Crippen molar-refractivity contribution in [2.75, 3.05) is 39.5 Å². The molecule has 5 aliphatic rings. The molecule has 16 heteroatoms. The number of halogens is 1. The molecule has 3 N–H and O–H groups in total. The number of rotatable bonds is 11. The molecule has 15 nitrogen and oxygen atoms in total. The zero-order valence-electron chi connectivity index (χ0n) is 38.5. The molecule has 3 aliphatic carbocycles. The summed E-state index contributed by atoms with van der Waals surface area (Å²) in [4.78, 5) is 73.1. The van der Waals surface area contributed by atoms with E-state index >= 15 is 9.18 Å². The van der Waals surface area contributed by atoms with Crippen molar-refractivity contribution in [2.45, 2.75) is 128 Å². The Morgan fingerprint density at radius 3 is 2.20 bits per heavy atom. The first-order valence-corrected chi connectivity index (χ1v) is 22.5. The van der Waals surface area contributed by atoms with Crippen LogP contribution in [0.15, 0.2) is 71.8 Å². The molecule has 4 fully saturated rings. The summed E-state index contributed by atoms with van der Waals surface area (Å²) in [6, 6.07) is 14.9. The number of alkyl halides is 1. The summed E-state index contributed by atoms with van der Waals surface area (Å²) in [5, 5.41) is 28.3. The van der Waals surface area contributed by atoms with Crippen LogP contribution in [0.25, 0.3) is 0 Å². The van der Waals surface area contributed by atoms with Gasteiger partial charge in [-0.25, -0.2) is 18.8 Å². The van der Waals surface area contributed by atoms with Crippen molar-refractivity contribution < 1.29 is 67.0 Å². The number of morpholine rings is 1. The Labute approximate surface area is 379 Å². The summed E-state index contributed by atoms with van der Waals surface area (Å²) >= 11 is 0. The molecule has 1 amide bonds. The third-order valence-corrected chi connectivity index (χ3v) is 14.5. The van der Waals surface area contributed by atoms with Gasteiger partial charge in [0.25, 0.3) is 0 Å². The van der Waals surface area contributed by atoms with Gasteiger partial charge < -0.3 is 44.0 Å². The number of hydrogen-bond acceptors (Lipinski definition) is 14. The highest BCUT2D eigenvalue weighted by Gasteiger charge is 2.78. The summed E-state index contributed by atoms with van der Waals surface area (Å²) in [5.74, 6) is -5.99. The van der Waals surface area contributed by atoms with Crippen LogP contribution in [0.1, 0.15) is 96.6 Å². The van der Waals surface area contributed by atoms with Gasteiger partial charge >= 0.3 is 24.0 Å². The molecule has 0 radical (unpaired) electrons. The predicted octanol–water partition coefficient (Wildman–Crippen LogP) is 5.21. The van der Waals surface area contributed by atoms with Crippen LogP contribution in [0, 0.1) is 22.7 Å². The largest absolute Gasteiger partial charge is 0.456 e. The number of aliphatic hydroxyl groups excluding tert-OH is 1. The first-order valence-electron chi connectivity index (χ1n) is 22.5. The van der Waals surface area contributed by atoms with E-state index in [1.54, 1.807) is 90.1 Å². The summed E-state index contributed by atoms with van der Waals surface area (Å²) in [6.45, 7) is 15.0. The van der Waals surface area contributed by atoms with Gasteiger partial charge in [0.15, 0.2) is 11.7 Å². The minimum absolute atomic E-state index is 0.0984. The molecule has 2 bridgehead atoms. The van der Waals surface area contributed by atoms with Crippen LogP contribution in [0.3, 0.4) is 0 Å². The maximum Gasteiger partial charge on any atom is 0.408 e. The van der Waals surface area contributed by atoms with E-state index in [0.29, 0.717) is 49.6 Å². The number of carbonyl (C=O) groups is 5. The van der Waals surface area contributed by atoms with Gasteiger partial charge in [-0.05, 0) is 76.4 Å². The summed E-state index contributed by atoms with van der Waals surface area (Å²) in [6.07, 6.45) is -9.65. The maximum atomic E-state index is 17.5. The number of Topliss-reactive ketones (excluding diaryl/α,β-unsaturated/α-hetero) is 1. The SMILES string of the molecule is CC(=O)O[C@@]12CO[C@@H]1C[C@@H](F)[C@@]1(C)C(=O)[C@H](CCN3CCOCC3)C3=C(C)[C@@H](OC(=O)[C@H](O)[C@@H](NC(=O)OC(C)(C)C)c4ccccc4)C[C@@](O)([C@@H](OC(=O)c4ccccc4)C12)C3(C)C. The Bertz CT molecular complexity index is 2160. The predicted molar refractivity (Wildman–Crippen MR) is 232 cm³/mol. The van der Waals surface area contributed by atoms with Crippen LogP contribution in [-0.2, 0) is 42.8 Å². The van der Waals surface area contributed by atoms with Gasteiger partial charge in [0.1, 0.15) is 41.5 Å². The van der Waals surface area contributed by atoms with Gasteiger partial charge in [0.2, 0.25) is 0 Å². The highest BCUT2D eigenvalue weighted by Crippen LogP contribution is 2.66. The highest BCUT2D eigenvalue weighted by atomic mass is 19.1. The van der Waals surface area contributed by atoms with E-state index in [0.717, 1.165) is 0 Å². The Morgan fingerprint density at radius 1 is 0.985 bits per heavy atom. The number of ketones is 1. The lowest BCUT2D eigenvalue weighted by Gasteiger charge is -2.67. The topological polar surface area (TPSA) is 196 Å². The van der Waals surface area contributed by atoms with Gasteiger partial charge in [-0.3, -0.25) is 14.5 Å². The van der Waals surface area contributed by atoms with Gasteiger partial charge in [0.05, 0.1) is 42.8 Å². The summed E-state index contributed by atoms with van der Waals surface area (Å²) in [5.41, 5.74) is -7.22. The number of fused-ring (bicyclic) bond motifs is 5. The van der Waals surface area contributed by atoms with E-state index in [-0.39, 0.29) is 25.0 Å². The number of nitrogens with one attached hydrogen (secondary N) is 1. The Balaban J connectivity index is 1.39. The van der Waals surface area contributed by atoms with Crippen LogP contribution in [0.2, 0.25) is 0 Å². The number of alkyl carbamates (subject to hydrolysis) is 1. The molecule has 1 unspecified atom stereocenters. The molecule has 11 atom stereocenters. The molecule has 2 saturated carbocycles. The number of aliphatic hydroxyl groups is 2. The number of nitrogens with zero attached hydrogens (tertiary/aromatic N) is 1. The Kier molecular flexibility index (Phi) is 13.5. The van der Waals surface area contributed by atoms with E-state index in [2.05, 4.69) is 10.2 Å². The number of hydrogen-bond donors (Lipinski definition) is 3. The summed E-state index contributed by atoms with van der Waals surface area (Å²) < 4.78 is 53.4. The second-order valence-corrected chi connectivity index (χ2v) is 19.9. The van der Waals surface area contributed by atoms with Crippen molar-refractivity contribution in [1.29, 1.82) is 0 Å². The minimum Gasteiger partial charge on any atom is -0.456 e. The van der Waals surface area contributed by atoms with Crippen molar-refractivity contribution in [1.82, 2.24) is 10.2 Å². The molecule has 354 valence electrons. The first-order chi connectivity index (χ1) is 30.5. The van der Waals surface area contributed by atoms with Crippen LogP contribution < -0.4 is 5.32 Å². The molecule has 0 aromatic heterocycles. The zero-order valence-corrected chi connectivity index (χ0v) is 38.5. The number of amides is 1. The fraction of sp³-hybridized carbons (Fsp3) is 0.612. The highest BCUT2D eigenvalue weighted by molar-refractivity contribution is 5.93. The maximum absolute atomic E-state index is 17.5. The number of benzene rings is 2. The molecule has 7 rings (SSSR count). The lowest BCUT2D eigenvalue weighted by atomic mass is 9.43. The lowest BCUT2D eigenvalue weighted by molar-refractivity contribution is -0.341. The zero-order chi connectivity index (χ0) is 47.3. The van der Waals surface area contributed by atoms with E-state index < -0.39 is 112 Å². The van der Waals surface area contributed by atoms with Crippen LogP contribution in [0.5, 0.6) is 0 Å². The van der Waals surface area contributed by atoms with Crippen LogP contribution in [0.4, 0.5) is 9.18 Å². The molecule has 0 spiro atoms. The molecule has 2 saturated heterocycles. The smallest absolute Gasteiger partial charge is 0.408 e. The van der Waals surface area contributed by atoms with E-state index in [4.69, 9.17) is 28.4 Å². The number of ether oxygens (including phenoxy) is 6. The Hall–Kier alpha value is -4.74. The Morgan fingerprint density at radius 2 is 1.62 bits per heavy atom. The standard InChI is InChI=1S/C49H63FN2O13/c1-28-33(62-43(57)38(54)37(30-15-11-9-12-16-30)51-44(58)65-45(3,4)5)26-49(59)41(63-42(56)31-17-13-10-14-18-31)39-47(8,34(50)25-35-48(39,27-61-35)64-29(2)53)40(55)32(36(28)46(49,6)7)19-20-52-21-23-60-24-22-52/h9-18,32-35,37-39,41,54,59H,19-27H2,1-8H3,(H,51,58)/t32-,33+,34-,35-,37+,38-,39?,41+,47-,48+,49-/m1/s1. The van der Waals surface area contributed by atoms with E-state index in [1.165, 1.54) is 26.0 Å². The quantitative estimate of drug-likeness (QED) is 0.151. The average molecular weight is 907 g/mol. The van der Waals surface area contributed by atoms with Crippen molar-refractivity contribution in [3.05, 3.63) is 82.9 Å². The van der Waals surface area contributed by atoms with Crippen LogP contribution >= 0.6 is 0 Å². The number of esters is 3. The van der Waals surface area contributed by atoms with Crippen molar-refractivity contribution in [2.24, 2.45) is 22.7 Å². The second-order valence-electron chi connectivity index (χ2n) is 19.9. The monoisotopic (exact) mass is 906 g/mol. The molecule has 2 heterocycles. The molecule has 2 aliphatic heterocycles. The van der Waals surface area contributed by atoms with E-state index in [9.17, 15) is 29.4 Å². The van der Waals surface area contributed by atoms with Crippen LogP contribution in [-0.4, -0.2) is 132 Å². The normalized spacial score (nSPS) is 33.1. The average Bonchev–Trinajstić information content (AvgIpc) is 3.25. The molecular weight excluding hydrogens is 844 g/mol. The van der Waals surface area contributed by atoms with Gasteiger partial charge in [-0.2, -0.15) is 0 Å². The molecular formula is C49H63FN2O13. The molecule has 2 aromatic rings. The number of carbonyl (C=O) groups excluding carboxylic acids is 5. The fourth-order valence-electron chi connectivity index (χ4n) is 11.2. The first kappa shape index (κ1) is 48.2. The van der Waals surface area contributed by atoms with Crippen molar-refractivity contribution in [3.8, 4) is 0 Å². The fourth-order valence-corrected chi connectivity index (χ4v) is 11.2. The third-order valence-electron chi connectivity index (χ3n) is 14.5. The second kappa shape index (κ2) is 18.2. The third kappa shape index (κ3) is 8.84. The van der Waals surface area contributed by atoms with Crippen molar-refractivity contribution >= 4 is 29.8 Å². The van der Waals surface area contributed by atoms with E-state index in [1.807, 2.05) is 0 Å². The molecule has 65 heavy (non-hydrogen) atoms. The van der Waals surface area contributed by atoms with Gasteiger partial charge in [-0.15, -0.1) is 0 Å². The summed E-state index contributed by atoms with van der Waals surface area (Å²) in [7, 11) is 0. The minimum atomic E-state index is -2.29. The van der Waals surface area contributed by atoms with Gasteiger partial charge in [-0.1, -0.05) is 62.4 Å². The van der Waals surface area contributed by atoms with Gasteiger partial charge in [0, 0.05) is 44.2 Å². The van der Waals surface area contributed by atoms with Crippen molar-refractivity contribution in [3.63, 3.8) is 0 Å². The molecule has 2 aromatic carbocycles.